The average Bonchev–Trinajstić information content (AvgIpc) is 1.37. The Morgan fingerprint density at radius 1 is 1.50 bits per heavy atom. The molecule has 6 heavy (non-hydrogen) atoms. The van der Waals surface area contributed by atoms with Gasteiger partial charge in [-0.15, -0.1) is 36.4 Å². The Hall–Kier alpha value is 0.540. The van der Waals surface area contributed by atoms with Crippen LogP contribution in [-0.2, 0) is 4.79 Å². The lowest BCUT2D eigenvalue weighted by Crippen LogP contribution is -1.63. The second kappa shape index (κ2) is 17.7. The van der Waals surface area contributed by atoms with Crippen LogP contribution in [0.25, 0.3) is 0 Å². The van der Waals surface area contributed by atoms with Gasteiger partial charge in [-0.05, 0) is 0 Å². The third-order valence-corrected chi connectivity index (χ3v) is 0.189. The van der Waals surface area contributed by atoms with Crippen LogP contribution < -0.4 is 0 Å². The van der Waals surface area contributed by atoms with Crippen LogP contribution in [-0.4, -0.2) is 12.2 Å². The van der Waals surface area contributed by atoms with Crippen LogP contribution in [0.1, 0.15) is 0 Å². The molecule has 0 aromatic rings. The first-order chi connectivity index (χ1) is 1.91. The van der Waals surface area contributed by atoms with Crippen molar-refractivity contribution >= 4 is 42.7 Å². The van der Waals surface area contributed by atoms with Crippen molar-refractivity contribution in [2.75, 3.05) is 5.88 Å². The third kappa shape index (κ3) is 24.0. The first-order valence-electron chi connectivity index (χ1n) is 0.911. The van der Waals surface area contributed by atoms with E-state index in [4.69, 9.17) is 16.4 Å². The summed E-state index contributed by atoms with van der Waals surface area (Å²) in [5.74, 6) is 0.111. The van der Waals surface area contributed by atoms with Gasteiger partial charge >= 0.3 is 0 Å². The van der Waals surface area contributed by atoms with Crippen molar-refractivity contribution in [3.8, 4) is 0 Å². The predicted octanol–water partition coefficient (Wildman–Crippen LogP) is 1.27. The second-order valence-corrected chi connectivity index (χ2v) is 0.630. The van der Waals surface area contributed by atoms with Crippen molar-refractivity contribution in [2.45, 2.75) is 0 Å². The largest absolute Gasteiger partial charge is 0.302 e. The number of hydrogen-bond acceptors (Lipinski definition) is 1. The van der Waals surface area contributed by atoms with Crippen molar-refractivity contribution in [1.82, 2.24) is 0 Å². The molecular weight excluding hydrogens is 146 g/mol. The van der Waals surface area contributed by atoms with Crippen LogP contribution in [0.3, 0.4) is 0 Å². The fourth-order valence-corrected chi connectivity index (χ4v) is 0. The summed E-state index contributed by atoms with van der Waals surface area (Å²) in [6.45, 7) is 0. The molecule has 0 heterocycles. The Kier molecular flexibility index (Phi) is 47.2. The molecule has 0 unspecified atom stereocenters. The van der Waals surface area contributed by atoms with Crippen LogP contribution in [0, 0.1) is 0 Å². The number of halogens is 3. The Bertz CT molecular complexity index is 22.8. The van der Waals surface area contributed by atoms with Crippen LogP contribution >= 0.6 is 36.4 Å². The van der Waals surface area contributed by atoms with Gasteiger partial charge in [-0.25, -0.2) is 0 Å². The smallest absolute Gasteiger partial charge is 0.134 e. The number of aldehydes is 1. The molecule has 0 N–H and O–H groups in total. The topological polar surface area (TPSA) is 17.1 Å². The van der Waals surface area contributed by atoms with Gasteiger partial charge in [-0.1, -0.05) is 0 Å². The summed E-state index contributed by atoms with van der Waals surface area (Å²) < 4.78 is 0. The summed E-state index contributed by atoms with van der Waals surface area (Å²) in [5, 5.41) is 0. The molecule has 0 rings (SSSR count). The number of alkyl halides is 1. The molecule has 0 bridgehead atoms. The molecule has 0 amide bonds. The van der Waals surface area contributed by atoms with Gasteiger partial charge in [-0.2, -0.15) is 0 Å². The minimum absolute atomic E-state index is 0. The van der Waals surface area contributed by atoms with Crippen LogP contribution in [0.15, 0.2) is 0 Å². The van der Waals surface area contributed by atoms with Gasteiger partial charge in [0.2, 0.25) is 0 Å². The molecule has 0 saturated heterocycles. The van der Waals surface area contributed by atoms with E-state index in [1.807, 2.05) is 0 Å². The SMILES string of the molecule is Cl.Cl.O=CCCl. The van der Waals surface area contributed by atoms with Gasteiger partial charge in [-0.3, -0.25) is 0 Å². The standard InChI is InChI=1S/C2H3ClO.2ClH/c3-1-2-4;;/h2H,1H2;2*1H. The van der Waals surface area contributed by atoms with Crippen LogP contribution in [0.5, 0.6) is 0 Å². The molecule has 40 valence electrons. The van der Waals surface area contributed by atoms with E-state index in [2.05, 4.69) is 0 Å². The Balaban J connectivity index is -0.0000000450. The zero-order valence-corrected chi connectivity index (χ0v) is 5.28. The van der Waals surface area contributed by atoms with E-state index in [1.54, 1.807) is 0 Å². The number of carbonyl (C=O) groups is 1. The maximum Gasteiger partial charge on any atom is 0.134 e. The maximum absolute atomic E-state index is 9.04. The molecule has 0 saturated carbocycles. The maximum atomic E-state index is 9.04. The summed E-state index contributed by atoms with van der Waals surface area (Å²) in [6.07, 6.45) is 0.640. The predicted molar refractivity (Wildman–Crippen MR) is 31.3 cm³/mol. The van der Waals surface area contributed by atoms with E-state index in [0.29, 0.717) is 6.29 Å². The molecule has 0 spiro atoms. The highest BCUT2D eigenvalue weighted by atomic mass is 35.5. The molecule has 0 fully saturated rings. The van der Waals surface area contributed by atoms with Gasteiger partial charge in [0.25, 0.3) is 0 Å². The van der Waals surface area contributed by atoms with Crippen molar-refractivity contribution in [2.24, 2.45) is 0 Å². The van der Waals surface area contributed by atoms with Crippen molar-refractivity contribution in [3.63, 3.8) is 0 Å². The number of carbonyl (C=O) groups excluding carboxylic acids is 1. The van der Waals surface area contributed by atoms with E-state index in [0.717, 1.165) is 0 Å². The Morgan fingerprint density at radius 2 is 1.67 bits per heavy atom. The average molecular weight is 151 g/mol. The zero-order valence-electron chi connectivity index (χ0n) is 2.89. The quantitative estimate of drug-likeness (QED) is 0.407. The molecular formula is C2H5Cl3O. The monoisotopic (exact) mass is 150 g/mol. The van der Waals surface area contributed by atoms with E-state index < -0.39 is 0 Å². The van der Waals surface area contributed by atoms with E-state index in [1.165, 1.54) is 0 Å². The van der Waals surface area contributed by atoms with E-state index in [-0.39, 0.29) is 30.7 Å². The first-order valence-corrected chi connectivity index (χ1v) is 1.45. The van der Waals surface area contributed by atoms with Crippen LogP contribution in [0.2, 0.25) is 0 Å². The lowest BCUT2D eigenvalue weighted by atomic mass is 10.9. The molecule has 4 heteroatoms. The summed E-state index contributed by atoms with van der Waals surface area (Å²) in [5.41, 5.74) is 0. The highest BCUT2D eigenvalue weighted by Crippen LogP contribution is 1.57. The molecule has 1 nitrogen and oxygen atoms in total. The molecule has 0 aromatic heterocycles. The molecule has 0 aromatic carbocycles. The molecule has 0 aliphatic heterocycles. The summed E-state index contributed by atoms with van der Waals surface area (Å²) in [4.78, 5) is 9.04. The van der Waals surface area contributed by atoms with Gasteiger partial charge < -0.3 is 4.79 Å². The molecule has 0 aliphatic rings. The number of rotatable bonds is 1. The fraction of sp³-hybridized carbons (Fsp3) is 0.500. The number of hydrogen-bond donors (Lipinski definition) is 0. The van der Waals surface area contributed by atoms with Gasteiger partial charge in [0.05, 0.1) is 5.88 Å². The summed E-state index contributed by atoms with van der Waals surface area (Å²) >= 11 is 4.82. The first kappa shape index (κ1) is 16.0. The fourth-order valence-electron chi connectivity index (χ4n) is 0. The van der Waals surface area contributed by atoms with E-state index >= 15 is 0 Å². The minimum Gasteiger partial charge on any atom is -0.302 e. The summed E-state index contributed by atoms with van der Waals surface area (Å²) in [7, 11) is 0. The Morgan fingerprint density at radius 3 is 1.67 bits per heavy atom. The van der Waals surface area contributed by atoms with Gasteiger partial charge in [0, 0.05) is 0 Å². The second-order valence-electron chi connectivity index (χ2n) is 0.321. The third-order valence-electron chi connectivity index (χ3n) is 0.0630. The Labute approximate surface area is 53.9 Å². The molecule has 0 atom stereocenters. The normalized spacial score (nSPS) is 4.17. The minimum atomic E-state index is 0. The zero-order chi connectivity index (χ0) is 3.41. The van der Waals surface area contributed by atoms with Gasteiger partial charge in [0.15, 0.2) is 0 Å². The highest BCUT2D eigenvalue weighted by Gasteiger charge is 1.55. The van der Waals surface area contributed by atoms with Gasteiger partial charge in [0.1, 0.15) is 6.29 Å². The van der Waals surface area contributed by atoms with Crippen molar-refractivity contribution in [1.29, 1.82) is 0 Å². The van der Waals surface area contributed by atoms with Crippen LogP contribution in [0.4, 0.5) is 0 Å². The summed E-state index contributed by atoms with van der Waals surface area (Å²) in [6, 6.07) is 0. The highest BCUT2D eigenvalue weighted by molar-refractivity contribution is 6.24. The molecule has 0 radical (unpaired) electrons. The lowest BCUT2D eigenvalue weighted by molar-refractivity contribution is -0.105. The van der Waals surface area contributed by atoms with Crippen molar-refractivity contribution < 1.29 is 4.79 Å². The van der Waals surface area contributed by atoms with E-state index in [9.17, 15) is 0 Å². The molecule has 0 aliphatic carbocycles. The lowest BCUT2D eigenvalue weighted by Gasteiger charge is -1.49. The van der Waals surface area contributed by atoms with Crippen molar-refractivity contribution in [3.05, 3.63) is 0 Å².